The first-order valence-corrected chi connectivity index (χ1v) is 5.74. The van der Waals surface area contributed by atoms with E-state index in [-0.39, 0.29) is 5.56 Å². The lowest BCUT2D eigenvalue weighted by Gasteiger charge is -2.18. The van der Waals surface area contributed by atoms with Crippen LogP contribution in [0.15, 0.2) is 24.3 Å². The molecule has 0 amide bonds. The topological polar surface area (TPSA) is 116 Å². The van der Waals surface area contributed by atoms with Crippen LogP contribution in [0.25, 0.3) is 0 Å². The summed E-state index contributed by atoms with van der Waals surface area (Å²) in [6.45, 7) is 0.865. The van der Waals surface area contributed by atoms with E-state index < -0.39 is 29.7 Å². The van der Waals surface area contributed by atoms with Crippen molar-refractivity contribution in [1.29, 1.82) is 0 Å². The van der Waals surface area contributed by atoms with Crippen LogP contribution in [-0.2, 0) is 14.4 Å². The molecule has 0 aromatic heterocycles. The van der Waals surface area contributed by atoms with Crippen molar-refractivity contribution in [2.75, 3.05) is 6.61 Å². The number of hydrogen-bond donors (Lipinski definition) is 1. The van der Waals surface area contributed by atoms with E-state index in [2.05, 4.69) is 4.84 Å². The number of benzene rings is 1. The molecule has 0 aliphatic carbocycles. The number of carboxylic acids is 1. The number of esters is 1. The molecule has 1 aromatic carbocycles. The Kier molecular flexibility index (Phi) is 5.45. The Hall–Kier alpha value is -2.64. The Morgan fingerprint density at radius 2 is 2.05 bits per heavy atom. The van der Waals surface area contributed by atoms with E-state index in [1.807, 2.05) is 0 Å². The number of hydrogen-bond acceptors (Lipinski definition) is 6. The number of aromatic carboxylic acids is 1. The van der Waals surface area contributed by atoms with E-state index in [0.717, 1.165) is 0 Å². The first kappa shape index (κ1) is 15.4. The molecular weight excluding hydrogens is 270 g/mol. The molecule has 8 nitrogen and oxygen atoms in total. The minimum atomic E-state index is -1.14. The third-order valence-corrected chi connectivity index (χ3v) is 2.47. The second-order valence-corrected chi connectivity index (χ2v) is 3.78. The molecular formula is C12H13NO7. The summed E-state index contributed by atoms with van der Waals surface area (Å²) in [6.07, 6.45) is -0.473. The Bertz CT molecular complexity index is 514. The molecule has 1 atom stereocenters. The van der Waals surface area contributed by atoms with Gasteiger partial charge >= 0.3 is 11.9 Å². The first-order valence-electron chi connectivity index (χ1n) is 5.74. The minimum Gasteiger partial charge on any atom is -0.478 e. The lowest BCUT2D eigenvalue weighted by Crippen LogP contribution is -2.19. The van der Waals surface area contributed by atoms with Crippen LogP contribution < -0.4 is 0 Å². The van der Waals surface area contributed by atoms with Crippen molar-refractivity contribution in [3.63, 3.8) is 0 Å². The van der Waals surface area contributed by atoms with Crippen LogP contribution in [0, 0.1) is 10.1 Å². The molecule has 0 radical (unpaired) electrons. The summed E-state index contributed by atoms with van der Waals surface area (Å²) < 4.78 is 5.00. The molecule has 0 saturated carbocycles. The van der Waals surface area contributed by atoms with Crippen LogP contribution in [0.4, 0.5) is 0 Å². The standard InChI is InChI=1S/C12H13NO7/c1-2-10(20-11(14)7-19-13(17)18)8-5-3-4-6-9(8)12(15)16/h3-6,10H,2,7H2,1H3,(H,15,16). The average molecular weight is 283 g/mol. The highest BCUT2D eigenvalue weighted by atomic mass is 17.0. The van der Waals surface area contributed by atoms with Gasteiger partial charge in [-0.15, -0.1) is 10.1 Å². The summed E-state index contributed by atoms with van der Waals surface area (Å²) in [6, 6.07) is 6.09. The smallest absolute Gasteiger partial charge is 0.336 e. The van der Waals surface area contributed by atoms with Gasteiger partial charge in [0, 0.05) is 5.56 Å². The number of ether oxygens (including phenoxy) is 1. The monoisotopic (exact) mass is 283 g/mol. The Labute approximate surface area is 114 Å². The molecule has 1 unspecified atom stereocenters. The van der Waals surface area contributed by atoms with Crippen LogP contribution >= 0.6 is 0 Å². The number of nitrogens with zero attached hydrogens (tertiary/aromatic N) is 1. The second kappa shape index (κ2) is 7.07. The molecule has 0 aliphatic heterocycles. The van der Waals surface area contributed by atoms with Crippen LogP contribution in [-0.4, -0.2) is 28.7 Å². The van der Waals surface area contributed by atoms with Gasteiger partial charge in [-0.2, -0.15) is 0 Å². The maximum Gasteiger partial charge on any atom is 0.336 e. The molecule has 0 heterocycles. The Morgan fingerprint density at radius 1 is 1.40 bits per heavy atom. The number of carboxylic acid groups (broad SMARTS) is 1. The zero-order chi connectivity index (χ0) is 15.1. The lowest BCUT2D eigenvalue weighted by atomic mass is 10.0. The third-order valence-electron chi connectivity index (χ3n) is 2.47. The van der Waals surface area contributed by atoms with E-state index in [1.165, 1.54) is 12.1 Å². The molecule has 20 heavy (non-hydrogen) atoms. The van der Waals surface area contributed by atoms with Crippen LogP contribution in [0.5, 0.6) is 0 Å². The Balaban J connectivity index is 2.83. The highest BCUT2D eigenvalue weighted by Crippen LogP contribution is 2.24. The van der Waals surface area contributed by atoms with Gasteiger partial charge < -0.3 is 14.7 Å². The highest BCUT2D eigenvalue weighted by Gasteiger charge is 2.21. The van der Waals surface area contributed by atoms with E-state index in [4.69, 9.17) is 9.84 Å². The van der Waals surface area contributed by atoms with Crippen molar-refractivity contribution >= 4 is 11.9 Å². The molecule has 0 bridgehead atoms. The van der Waals surface area contributed by atoms with Crippen molar-refractivity contribution in [2.24, 2.45) is 0 Å². The van der Waals surface area contributed by atoms with Crippen LogP contribution in [0.3, 0.4) is 0 Å². The van der Waals surface area contributed by atoms with E-state index >= 15 is 0 Å². The summed E-state index contributed by atoms with van der Waals surface area (Å²) in [7, 11) is 0. The minimum absolute atomic E-state index is 0.0161. The fourth-order valence-corrected chi connectivity index (χ4v) is 1.64. The highest BCUT2D eigenvalue weighted by molar-refractivity contribution is 5.89. The van der Waals surface area contributed by atoms with Gasteiger partial charge in [0.2, 0.25) is 0 Å². The maximum absolute atomic E-state index is 11.4. The van der Waals surface area contributed by atoms with Gasteiger partial charge in [0.15, 0.2) is 6.61 Å². The van der Waals surface area contributed by atoms with Crippen molar-refractivity contribution in [3.8, 4) is 0 Å². The van der Waals surface area contributed by atoms with E-state index in [0.29, 0.717) is 12.0 Å². The molecule has 1 aromatic rings. The lowest BCUT2D eigenvalue weighted by molar-refractivity contribution is -0.754. The average Bonchev–Trinajstić information content (AvgIpc) is 2.42. The first-order chi connectivity index (χ1) is 9.45. The van der Waals surface area contributed by atoms with E-state index in [9.17, 15) is 19.7 Å². The second-order valence-electron chi connectivity index (χ2n) is 3.78. The number of carbonyl (C=O) groups excluding carboxylic acids is 1. The zero-order valence-electron chi connectivity index (χ0n) is 10.6. The van der Waals surface area contributed by atoms with Gasteiger partial charge in [0.05, 0.1) is 5.56 Å². The number of carbonyl (C=O) groups is 2. The molecule has 0 fully saturated rings. The fraction of sp³-hybridized carbons (Fsp3) is 0.333. The summed E-state index contributed by atoms with van der Waals surface area (Å²) in [4.78, 5) is 36.3. The zero-order valence-corrected chi connectivity index (χ0v) is 10.6. The van der Waals surface area contributed by atoms with Gasteiger partial charge in [0.1, 0.15) is 6.10 Å². The normalized spacial score (nSPS) is 11.4. The van der Waals surface area contributed by atoms with Crippen LogP contribution in [0.1, 0.15) is 35.4 Å². The van der Waals surface area contributed by atoms with Crippen molar-refractivity contribution in [3.05, 3.63) is 45.5 Å². The molecule has 0 saturated heterocycles. The number of rotatable bonds is 7. The van der Waals surface area contributed by atoms with Crippen LogP contribution in [0.2, 0.25) is 0 Å². The summed E-state index contributed by atoms with van der Waals surface area (Å²) in [5.74, 6) is -2.08. The molecule has 8 heteroatoms. The molecule has 1 N–H and O–H groups in total. The van der Waals surface area contributed by atoms with Crippen molar-refractivity contribution in [1.82, 2.24) is 0 Å². The maximum atomic E-state index is 11.4. The Morgan fingerprint density at radius 3 is 2.60 bits per heavy atom. The molecule has 108 valence electrons. The SMILES string of the molecule is CCC(OC(=O)CO[N+](=O)[O-])c1ccccc1C(=O)O. The van der Waals surface area contributed by atoms with Gasteiger partial charge in [-0.3, -0.25) is 0 Å². The molecule has 0 aliphatic rings. The fourth-order valence-electron chi connectivity index (χ4n) is 1.64. The molecule has 1 rings (SSSR count). The van der Waals surface area contributed by atoms with Crippen molar-refractivity contribution in [2.45, 2.75) is 19.4 Å². The predicted octanol–water partition coefficient (Wildman–Crippen LogP) is 1.59. The van der Waals surface area contributed by atoms with Gasteiger partial charge in [0.25, 0.3) is 5.09 Å². The quantitative estimate of drug-likeness (QED) is 0.458. The largest absolute Gasteiger partial charge is 0.478 e. The van der Waals surface area contributed by atoms with Crippen molar-refractivity contribution < 1.29 is 29.4 Å². The van der Waals surface area contributed by atoms with Gasteiger partial charge in [-0.1, -0.05) is 25.1 Å². The van der Waals surface area contributed by atoms with Gasteiger partial charge in [-0.05, 0) is 12.5 Å². The predicted molar refractivity (Wildman–Crippen MR) is 65.5 cm³/mol. The summed E-state index contributed by atoms with van der Waals surface area (Å²) in [5.41, 5.74) is 0.347. The summed E-state index contributed by atoms with van der Waals surface area (Å²) >= 11 is 0. The molecule has 0 spiro atoms. The van der Waals surface area contributed by atoms with Gasteiger partial charge in [-0.25, -0.2) is 9.59 Å². The van der Waals surface area contributed by atoms with E-state index in [1.54, 1.807) is 19.1 Å². The third kappa shape index (κ3) is 4.23. The summed E-state index contributed by atoms with van der Waals surface area (Å²) in [5, 5.41) is 17.9.